The fourth-order valence-electron chi connectivity index (χ4n) is 3.33. The van der Waals surface area contributed by atoms with E-state index in [0.717, 1.165) is 11.9 Å². The molecule has 3 rings (SSSR count). The Labute approximate surface area is 155 Å². The molecule has 0 unspecified atom stereocenters. The molecule has 0 fully saturated rings. The molecule has 0 aliphatic heterocycles. The quantitative estimate of drug-likeness (QED) is 0.669. The topological polar surface area (TPSA) is 48.1 Å². The van der Waals surface area contributed by atoms with Crippen molar-refractivity contribution >= 4 is 22.5 Å². The van der Waals surface area contributed by atoms with Crippen molar-refractivity contribution in [3.63, 3.8) is 0 Å². The molecule has 136 valence electrons. The number of aromatic amines is 1. The zero-order valence-electron chi connectivity index (χ0n) is 15.8. The number of carbonyl (C=O) groups is 1. The van der Waals surface area contributed by atoms with E-state index < -0.39 is 0 Å². The normalized spacial score (nSPS) is 12.1. The van der Waals surface area contributed by atoms with Gasteiger partial charge in [-0.2, -0.15) is 0 Å². The first-order valence-electron chi connectivity index (χ1n) is 9.20. The Kier molecular flexibility index (Phi) is 5.61. The predicted octanol–water partition coefficient (Wildman–Crippen LogP) is 4.28. The largest absolute Gasteiger partial charge is 0.378 e. The lowest BCUT2D eigenvalue weighted by atomic mass is 9.90. The second-order valence-electron chi connectivity index (χ2n) is 6.88. The second kappa shape index (κ2) is 8.09. The van der Waals surface area contributed by atoms with Crippen LogP contribution in [0.5, 0.6) is 0 Å². The minimum atomic E-state index is 0.113. The average Bonchev–Trinajstić information content (AvgIpc) is 3.07. The summed E-state index contributed by atoms with van der Waals surface area (Å²) in [5.41, 5.74) is 4.71. The summed E-state index contributed by atoms with van der Waals surface area (Å²) >= 11 is 0. The van der Waals surface area contributed by atoms with Crippen LogP contribution >= 0.6 is 0 Å². The van der Waals surface area contributed by atoms with E-state index in [2.05, 4.69) is 63.9 Å². The van der Waals surface area contributed by atoms with Crippen LogP contribution in [0.2, 0.25) is 0 Å². The molecule has 0 saturated heterocycles. The smallest absolute Gasteiger partial charge is 0.220 e. The molecule has 2 N–H and O–H groups in total. The van der Waals surface area contributed by atoms with Crippen LogP contribution in [0.4, 0.5) is 5.69 Å². The van der Waals surface area contributed by atoms with Crippen molar-refractivity contribution < 1.29 is 4.79 Å². The van der Waals surface area contributed by atoms with Crippen molar-refractivity contribution in [2.24, 2.45) is 0 Å². The fourth-order valence-corrected chi connectivity index (χ4v) is 3.33. The van der Waals surface area contributed by atoms with E-state index in [0.29, 0.717) is 13.0 Å². The van der Waals surface area contributed by atoms with Gasteiger partial charge in [0, 0.05) is 55.8 Å². The molecule has 26 heavy (non-hydrogen) atoms. The van der Waals surface area contributed by atoms with Crippen LogP contribution in [0.3, 0.4) is 0 Å². The van der Waals surface area contributed by atoms with E-state index in [9.17, 15) is 4.79 Å². The first kappa shape index (κ1) is 18.1. The molecule has 0 bridgehead atoms. The Morgan fingerprint density at radius 3 is 2.54 bits per heavy atom. The zero-order valence-corrected chi connectivity index (χ0v) is 15.8. The number of amides is 1. The molecular weight excluding hydrogens is 322 g/mol. The third-order valence-electron chi connectivity index (χ3n) is 4.79. The Morgan fingerprint density at radius 2 is 1.85 bits per heavy atom. The van der Waals surface area contributed by atoms with E-state index in [-0.39, 0.29) is 11.8 Å². The van der Waals surface area contributed by atoms with Gasteiger partial charge in [-0.3, -0.25) is 4.79 Å². The average molecular weight is 349 g/mol. The van der Waals surface area contributed by atoms with Crippen molar-refractivity contribution in [1.82, 2.24) is 10.3 Å². The van der Waals surface area contributed by atoms with E-state index >= 15 is 0 Å². The summed E-state index contributed by atoms with van der Waals surface area (Å²) in [7, 11) is 4.08. The van der Waals surface area contributed by atoms with Crippen LogP contribution in [0, 0.1) is 0 Å². The van der Waals surface area contributed by atoms with E-state index in [1.165, 1.54) is 22.2 Å². The molecule has 3 aromatic rings. The van der Waals surface area contributed by atoms with Gasteiger partial charge in [0.05, 0.1) is 0 Å². The lowest BCUT2D eigenvalue weighted by Gasteiger charge is -2.20. The predicted molar refractivity (Wildman–Crippen MR) is 109 cm³/mol. The molecule has 0 radical (unpaired) electrons. The molecule has 4 heteroatoms. The number of nitrogens with one attached hydrogen (secondary N) is 2. The lowest BCUT2D eigenvalue weighted by Crippen LogP contribution is -2.28. The van der Waals surface area contributed by atoms with Crippen LogP contribution in [-0.2, 0) is 4.79 Å². The molecule has 1 aromatic heterocycles. The number of fused-ring (bicyclic) bond motifs is 1. The standard InChI is InChI=1S/C22H27N3O/c1-4-7-22(26)24-14-19(16-10-12-17(13-11-16)25(2)3)20-15-23-21-9-6-5-8-18(20)21/h5-6,8-13,15,19,23H,4,7,14H2,1-3H3,(H,24,26)/t19-/m1/s1. The molecule has 0 spiro atoms. The minimum Gasteiger partial charge on any atom is -0.378 e. The highest BCUT2D eigenvalue weighted by Crippen LogP contribution is 2.31. The number of carbonyl (C=O) groups excluding carboxylic acids is 1. The second-order valence-corrected chi connectivity index (χ2v) is 6.88. The third-order valence-corrected chi connectivity index (χ3v) is 4.79. The molecule has 0 aliphatic carbocycles. The number of H-pyrrole nitrogens is 1. The summed E-state index contributed by atoms with van der Waals surface area (Å²) in [6.07, 6.45) is 3.50. The van der Waals surface area contributed by atoms with Crippen LogP contribution in [0.1, 0.15) is 36.8 Å². The van der Waals surface area contributed by atoms with Crippen molar-refractivity contribution in [3.05, 3.63) is 65.9 Å². The van der Waals surface area contributed by atoms with Gasteiger partial charge in [0.25, 0.3) is 0 Å². The first-order valence-corrected chi connectivity index (χ1v) is 9.20. The lowest BCUT2D eigenvalue weighted by molar-refractivity contribution is -0.121. The van der Waals surface area contributed by atoms with Crippen molar-refractivity contribution in [2.45, 2.75) is 25.7 Å². The number of hydrogen-bond donors (Lipinski definition) is 2. The van der Waals surface area contributed by atoms with Gasteiger partial charge in [-0.1, -0.05) is 37.3 Å². The maximum atomic E-state index is 12.0. The zero-order chi connectivity index (χ0) is 18.5. The SMILES string of the molecule is CCCC(=O)NC[C@H](c1ccc(N(C)C)cc1)c1c[nH]c2ccccc12. The molecular formula is C22H27N3O. The van der Waals surface area contributed by atoms with Gasteiger partial charge in [-0.25, -0.2) is 0 Å². The van der Waals surface area contributed by atoms with Crippen molar-refractivity contribution in [3.8, 4) is 0 Å². The van der Waals surface area contributed by atoms with Crippen LogP contribution in [0.25, 0.3) is 10.9 Å². The summed E-state index contributed by atoms with van der Waals surface area (Å²) in [6, 6.07) is 16.9. The number of aromatic nitrogens is 1. The number of rotatable bonds is 7. The molecule has 1 amide bonds. The van der Waals surface area contributed by atoms with Gasteiger partial charge in [0.15, 0.2) is 0 Å². The van der Waals surface area contributed by atoms with Crippen molar-refractivity contribution in [1.29, 1.82) is 0 Å². The molecule has 2 aromatic carbocycles. The van der Waals surface area contributed by atoms with Gasteiger partial charge in [-0.15, -0.1) is 0 Å². The summed E-state index contributed by atoms with van der Waals surface area (Å²) in [5.74, 6) is 0.227. The minimum absolute atomic E-state index is 0.113. The van der Waals surface area contributed by atoms with E-state index in [1.54, 1.807) is 0 Å². The Balaban J connectivity index is 1.94. The summed E-state index contributed by atoms with van der Waals surface area (Å²) in [6.45, 7) is 2.62. The van der Waals surface area contributed by atoms with Crippen LogP contribution < -0.4 is 10.2 Å². The number of benzene rings is 2. The highest BCUT2D eigenvalue weighted by molar-refractivity contribution is 5.84. The monoisotopic (exact) mass is 349 g/mol. The van der Waals surface area contributed by atoms with Gasteiger partial charge in [-0.05, 0) is 35.7 Å². The number of para-hydroxylation sites is 1. The highest BCUT2D eigenvalue weighted by Gasteiger charge is 2.19. The fraction of sp³-hybridized carbons (Fsp3) is 0.318. The molecule has 0 saturated carbocycles. The Hall–Kier alpha value is -2.75. The number of nitrogens with zero attached hydrogens (tertiary/aromatic N) is 1. The maximum Gasteiger partial charge on any atom is 0.220 e. The molecule has 1 atom stereocenters. The van der Waals surface area contributed by atoms with E-state index in [1.807, 2.05) is 27.1 Å². The summed E-state index contributed by atoms with van der Waals surface area (Å²) in [4.78, 5) is 17.5. The Bertz CT molecular complexity index is 864. The van der Waals surface area contributed by atoms with Gasteiger partial charge >= 0.3 is 0 Å². The van der Waals surface area contributed by atoms with Crippen LogP contribution in [-0.4, -0.2) is 31.5 Å². The van der Waals surface area contributed by atoms with E-state index in [4.69, 9.17) is 0 Å². The van der Waals surface area contributed by atoms with Crippen LogP contribution in [0.15, 0.2) is 54.7 Å². The molecule has 4 nitrogen and oxygen atoms in total. The molecule has 0 aliphatic rings. The van der Waals surface area contributed by atoms with Gasteiger partial charge < -0.3 is 15.2 Å². The summed E-state index contributed by atoms with van der Waals surface area (Å²) < 4.78 is 0. The molecule has 1 heterocycles. The highest BCUT2D eigenvalue weighted by atomic mass is 16.1. The van der Waals surface area contributed by atoms with Gasteiger partial charge in [0.1, 0.15) is 0 Å². The third kappa shape index (κ3) is 3.90. The first-order chi connectivity index (χ1) is 12.6. The number of anilines is 1. The van der Waals surface area contributed by atoms with Crippen molar-refractivity contribution in [2.75, 3.05) is 25.5 Å². The number of hydrogen-bond acceptors (Lipinski definition) is 2. The van der Waals surface area contributed by atoms with Gasteiger partial charge in [0.2, 0.25) is 5.91 Å². The maximum absolute atomic E-state index is 12.0. The summed E-state index contributed by atoms with van der Waals surface area (Å²) in [5, 5.41) is 4.32. The Morgan fingerprint density at radius 1 is 1.12 bits per heavy atom.